The fraction of sp³-hybridized carbons (Fsp3) is 0.0952. The summed E-state index contributed by atoms with van der Waals surface area (Å²) >= 11 is 0. The van der Waals surface area contributed by atoms with E-state index in [-0.39, 0.29) is 17.4 Å². The molecule has 0 fully saturated rings. The summed E-state index contributed by atoms with van der Waals surface area (Å²) in [4.78, 5) is 43.9. The molecule has 8 heteroatoms. The molecule has 8 nitrogen and oxygen atoms in total. The molecule has 3 rings (SSSR count). The van der Waals surface area contributed by atoms with E-state index in [1.54, 1.807) is 48.5 Å². The molecule has 0 spiro atoms. The van der Waals surface area contributed by atoms with Crippen LogP contribution in [0.5, 0.6) is 0 Å². The van der Waals surface area contributed by atoms with Gasteiger partial charge < -0.3 is 15.4 Å². The van der Waals surface area contributed by atoms with Gasteiger partial charge in [-0.2, -0.15) is 0 Å². The predicted octanol–water partition coefficient (Wildman–Crippen LogP) is 3.46. The van der Waals surface area contributed by atoms with Gasteiger partial charge in [-0.25, -0.2) is 14.8 Å². The third-order valence-corrected chi connectivity index (χ3v) is 3.95. The number of hydrogen-bond acceptors (Lipinski definition) is 7. The van der Waals surface area contributed by atoms with Gasteiger partial charge in [0.15, 0.2) is 5.78 Å². The first-order chi connectivity index (χ1) is 14.0. The van der Waals surface area contributed by atoms with E-state index in [1.165, 1.54) is 26.3 Å². The summed E-state index contributed by atoms with van der Waals surface area (Å²) in [5.74, 6) is -0.809. The predicted molar refractivity (Wildman–Crippen MR) is 107 cm³/mol. The lowest BCUT2D eigenvalue weighted by Gasteiger charge is -2.09. The van der Waals surface area contributed by atoms with E-state index >= 15 is 0 Å². The number of amides is 1. The monoisotopic (exact) mass is 390 g/mol. The van der Waals surface area contributed by atoms with Crippen LogP contribution in [0.1, 0.15) is 38.1 Å². The molecule has 0 saturated heterocycles. The van der Waals surface area contributed by atoms with E-state index in [9.17, 15) is 14.4 Å². The van der Waals surface area contributed by atoms with Crippen LogP contribution in [-0.2, 0) is 4.74 Å². The number of Topliss-reactive ketones (excluding diaryl/α,β-unsaturated/α-hetero) is 1. The van der Waals surface area contributed by atoms with Gasteiger partial charge >= 0.3 is 5.97 Å². The summed E-state index contributed by atoms with van der Waals surface area (Å²) in [5.41, 5.74) is 2.07. The number of anilines is 3. The Bertz CT molecular complexity index is 1080. The number of methoxy groups -OCH3 is 1. The highest BCUT2D eigenvalue weighted by Crippen LogP contribution is 2.16. The normalized spacial score (nSPS) is 10.1. The molecule has 1 heterocycles. The topological polar surface area (TPSA) is 110 Å². The van der Waals surface area contributed by atoms with Gasteiger partial charge in [0.2, 0.25) is 5.95 Å². The number of ether oxygens (including phenoxy) is 1. The zero-order valence-corrected chi connectivity index (χ0v) is 15.8. The second-order valence-electron chi connectivity index (χ2n) is 6.05. The van der Waals surface area contributed by atoms with Gasteiger partial charge in [-0.05, 0) is 43.3 Å². The molecule has 0 atom stereocenters. The van der Waals surface area contributed by atoms with Crippen molar-refractivity contribution in [3.63, 3.8) is 0 Å². The third kappa shape index (κ3) is 5.01. The molecular formula is C21H18N4O4. The molecule has 0 saturated carbocycles. The van der Waals surface area contributed by atoms with Crippen molar-refractivity contribution in [2.75, 3.05) is 17.7 Å². The van der Waals surface area contributed by atoms with Gasteiger partial charge in [-0.15, -0.1) is 0 Å². The average molecular weight is 390 g/mol. The number of carbonyl (C=O) groups excluding carboxylic acids is 3. The smallest absolute Gasteiger partial charge is 0.337 e. The van der Waals surface area contributed by atoms with Gasteiger partial charge in [-0.3, -0.25) is 9.59 Å². The van der Waals surface area contributed by atoms with E-state index in [0.29, 0.717) is 22.5 Å². The van der Waals surface area contributed by atoms with E-state index in [0.717, 1.165) is 0 Å². The molecule has 29 heavy (non-hydrogen) atoms. The zero-order valence-electron chi connectivity index (χ0n) is 15.8. The summed E-state index contributed by atoms with van der Waals surface area (Å²) in [5, 5.41) is 5.66. The minimum atomic E-state index is -0.463. The first-order valence-corrected chi connectivity index (χ1v) is 8.67. The van der Waals surface area contributed by atoms with E-state index in [2.05, 4.69) is 20.6 Å². The standard InChI is InChI=1S/C21H18N4O4/c1-13(26)14-5-3-7-16(11-14)23-19(27)18-9-10-22-21(25-18)24-17-8-4-6-15(12-17)20(28)29-2/h3-12H,1-2H3,(H,23,27)(H,22,24,25). The largest absolute Gasteiger partial charge is 0.465 e. The van der Waals surface area contributed by atoms with Crippen molar-refractivity contribution in [2.24, 2.45) is 0 Å². The average Bonchev–Trinajstić information content (AvgIpc) is 2.73. The Kier molecular flexibility index (Phi) is 5.94. The van der Waals surface area contributed by atoms with Crippen LogP contribution < -0.4 is 10.6 Å². The van der Waals surface area contributed by atoms with Crippen LogP contribution in [-0.4, -0.2) is 34.7 Å². The maximum atomic E-state index is 12.5. The van der Waals surface area contributed by atoms with Crippen LogP contribution >= 0.6 is 0 Å². The second-order valence-corrected chi connectivity index (χ2v) is 6.05. The molecule has 0 bridgehead atoms. The van der Waals surface area contributed by atoms with E-state index < -0.39 is 11.9 Å². The number of nitrogens with zero attached hydrogens (tertiary/aromatic N) is 2. The van der Waals surface area contributed by atoms with Crippen LogP contribution in [0.4, 0.5) is 17.3 Å². The van der Waals surface area contributed by atoms with Crippen LogP contribution in [0, 0.1) is 0 Å². The molecule has 2 N–H and O–H groups in total. The van der Waals surface area contributed by atoms with Crippen molar-refractivity contribution < 1.29 is 19.1 Å². The zero-order chi connectivity index (χ0) is 20.8. The van der Waals surface area contributed by atoms with Crippen molar-refractivity contribution in [1.29, 1.82) is 0 Å². The first-order valence-electron chi connectivity index (χ1n) is 8.67. The number of benzene rings is 2. The molecule has 2 aromatic carbocycles. The molecule has 0 aliphatic carbocycles. The number of carbonyl (C=O) groups is 3. The fourth-order valence-electron chi connectivity index (χ4n) is 2.53. The van der Waals surface area contributed by atoms with Gasteiger partial charge in [0.25, 0.3) is 5.91 Å². The second kappa shape index (κ2) is 8.75. The maximum Gasteiger partial charge on any atom is 0.337 e. The van der Waals surface area contributed by atoms with Crippen LogP contribution in [0.2, 0.25) is 0 Å². The Morgan fingerprint density at radius 3 is 2.34 bits per heavy atom. The fourth-order valence-corrected chi connectivity index (χ4v) is 2.53. The van der Waals surface area contributed by atoms with Gasteiger partial charge in [0.05, 0.1) is 12.7 Å². The number of nitrogens with one attached hydrogen (secondary N) is 2. The van der Waals surface area contributed by atoms with Crippen LogP contribution in [0.15, 0.2) is 60.8 Å². The summed E-state index contributed by atoms with van der Waals surface area (Å²) in [7, 11) is 1.31. The summed E-state index contributed by atoms with van der Waals surface area (Å²) < 4.78 is 4.70. The number of aromatic nitrogens is 2. The Labute approximate surface area is 167 Å². The quantitative estimate of drug-likeness (QED) is 0.490. The van der Waals surface area contributed by atoms with Crippen molar-refractivity contribution >= 4 is 35.0 Å². The third-order valence-electron chi connectivity index (χ3n) is 3.95. The lowest BCUT2D eigenvalue weighted by atomic mass is 10.1. The van der Waals surface area contributed by atoms with Gasteiger partial charge in [0.1, 0.15) is 5.69 Å². The number of rotatable bonds is 6. The molecule has 0 radical (unpaired) electrons. The number of esters is 1. The first kappa shape index (κ1) is 19.7. The lowest BCUT2D eigenvalue weighted by Crippen LogP contribution is -2.15. The van der Waals surface area contributed by atoms with E-state index in [1.807, 2.05) is 0 Å². The molecule has 0 aliphatic heterocycles. The lowest BCUT2D eigenvalue weighted by molar-refractivity contribution is 0.0600. The number of hydrogen-bond donors (Lipinski definition) is 2. The number of ketones is 1. The van der Waals surface area contributed by atoms with Gasteiger partial charge in [-0.1, -0.05) is 18.2 Å². The molecule has 1 amide bonds. The Balaban J connectivity index is 1.75. The van der Waals surface area contributed by atoms with Crippen LogP contribution in [0.25, 0.3) is 0 Å². The van der Waals surface area contributed by atoms with Crippen molar-refractivity contribution in [2.45, 2.75) is 6.92 Å². The molecule has 146 valence electrons. The molecule has 0 unspecified atom stereocenters. The Hall–Kier alpha value is -4.07. The molecular weight excluding hydrogens is 372 g/mol. The van der Waals surface area contributed by atoms with Crippen molar-refractivity contribution in [3.8, 4) is 0 Å². The molecule has 3 aromatic rings. The summed E-state index contributed by atoms with van der Waals surface area (Å²) in [6.07, 6.45) is 1.44. The van der Waals surface area contributed by atoms with Crippen molar-refractivity contribution in [1.82, 2.24) is 9.97 Å². The highest BCUT2D eigenvalue weighted by atomic mass is 16.5. The van der Waals surface area contributed by atoms with Gasteiger partial charge in [0, 0.05) is 23.1 Å². The minimum Gasteiger partial charge on any atom is -0.465 e. The molecule has 0 aliphatic rings. The SMILES string of the molecule is COC(=O)c1cccc(Nc2nccc(C(=O)Nc3cccc(C(C)=O)c3)n2)c1. The summed E-state index contributed by atoms with van der Waals surface area (Å²) in [6.45, 7) is 1.46. The maximum absolute atomic E-state index is 12.5. The van der Waals surface area contributed by atoms with E-state index in [4.69, 9.17) is 4.74 Å². The summed E-state index contributed by atoms with van der Waals surface area (Å²) in [6, 6.07) is 14.7. The minimum absolute atomic E-state index is 0.0937. The Morgan fingerprint density at radius 1 is 0.931 bits per heavy atom. The molecule has 1 aromatic heterocycles. The highest BCUT2D eigenvalue weighted by Gasteiger charge is 2.11. The Morgan fingerprint density at radius 2 is 1.62 bits per heavy atom. The highest BCUT2D eigenvalue weighted by molar-refractivity contribution is 6.04. The van der Waals surface area contributed by atoms with Crippen LogP contribution in [0.3, 0.4) is 0 Å². The van der Waals surface area contributed by atoms with Crippen molar-refractivity contribution in [3.05, 3.63) is 77.6 Å².